The first-order valence-corrected chi connectivity index (χ1v) is 6.35. The third-order valence-corrected chi connectivity index (χ3v) is 4.02. The maximum Gasteiger partial charge on any atom is 0.0237 e. The fraction of sp³-hybridized carbons (Fsp3) is 0.235. The summed E-state index contributed by atoms with van der Waals surface area (Å²) in [7, 11) is 0. The molecule has 85 valence electrons. The Morgan fingerprint density at radius 1 is 0.941 bits per heavy atom. The van der Waals surface area contributed by atoms with Crippen molar-refractivity contribution in [1.29, 1.82) is 0 Å². The van der Waals surface area contributed by atoms with Gasteiger partial charge in [0.25, 0.3) is 0 Å². The quantitative estimate of drug-likeness (QED) is 0.715. The van der Waals surface area contributed by atoms with Gasteiger partial charge >= 0.3 is 0 Å². The van der Waals surface area contributed by atoms with Gasteiger partial charge in [-0.25, -0.2) is 0 Å². The van der Waals surface area contributed by atoms with Crippen LogP contribution in [-0.4, -0.2) is 0 Å². The summed E-state index contributed by atoms with van der Waals surface area (Å²) in [5.41, 5.74) is 4.54. The summed E-state index contributed by atoms with van der Waals surface area (Å²) in [4.78, 5) is 0. The Hall–Kier alpha value is -1.56. The van der Waals surface area contributed by atoms with Crippen LogP contribution in [0.4, 0.5) is 0 Å². The molecule has 0 spiro atoms. The van der Waals surface area contributed by atoms with Crippen LogP contribution in [0.15, 0.2) is 54.6 Å². The van der Waals surface area contributed by atoms with Crippen molar-refractivity contribution in [3.8, 4) is 0 Å². The van der Waals surface area contributed by atoms with Gasteiger partial charge in [0.1, 0.15) is 0 Å². The van der Waals surface area contributed by atoms with Crippen molar-refractivity contribution >= 4 is 0 Å². The molecule has 0 saturated heterocycles. The van der Waals surface area contributed by atoms with E-state index in [9.17, 15) is 0 Å². The van der Waals surface area contributed by atoms with Crippen LogP contribution in [0.3, 0.4) is 0 Å². The van der Waals surface area contributed by atoms with Gasteiger partial charge in [-0.3, -0.25) is 0 Å². The van der Waals surface area contributed by atoms with E-state index in [-0.39, 0.29) is 5.41 Å². The number of rotatable bonds is 2. The molecule has 1 aliphatic rings. The molecule has 0 nitrogen and oxygen atoms in total. The first-order chi connectivity index (χ1) is 8.37. The first-order valence-electron chi connectivity index (χ1n) is 6.35. The van der Waals surface area contributed by atoms with E-state index in [1.54, 1.807) is 0 Å². The third kappa shape index (κ3) is 1.51. The van der Waals surface area contributed by atoms with Crippen molar-refractivity contribution in [2.75, 3.05) is 0 Å². The molecule has 0 heterocycles. The van der Waals surface area contributed by atoms with Crippen LogP contribution in [0.5, 0.6) is 0 Å². The van der Waals surface area contributed by atoms with Crippen LogP contribution in [0.1, 0.15) is 30.0 Å². The molecule has 1 unspecified atom stereocenters. The van der Waals surface area contributed by atoms with Gasteiger partial charge in [0, 0.05) is 5.41 Å². The van der Waals surface area contributed by atoms with Gasteiger partial charge in [-0.1, -0.05) is 61.5 Å². The number of hydrogen-bond acceptors (Lipinski definition) is 0. The van der Waals surface area contributed by atoms with Crippen LogP contribution in [-0.2, 0) is 11.8 Å². The summed E-state index contributed by atoms with van der Waals surface area (Å²) in [6, 6.07) is 19.7. The molecule has 2 aromatic rings. The van der Waals surface area contributed by atoms with Crippen molar-refractivity contribution in [1.82, 2.24) is 0 Å². The van der Waals surface area contributed by atoms with E-state index in [0.29, 0.717) is 0 Å². The zero-order valence-electron chi connectivity index (χ0n) is 10.2. The van der Waals surface area contributed by atoms with E-state index >= 15 is 0 Å². The van der Waals surface area contributed by atoms with Crippen LogP contribution in [0.25, 0.3) is 0 Å². The van der Waals surface area contributed by atoms with Crippen LogP contribution < -0.4 is 0 Å². The largest absolute Gasteiger partial charge is 0.0642 e. The lowest BCUT2D eigenvalue weighted by Crippen LogP contribution is -2.24. The molecule has 0 fully saturated rings. The topological polar surface area (TPSA) is 0 Å². The van der Waals surface area contributed by atoms with Crippen molar-refractivity contribution in [2.45, 2.75) is 25.2 Å². The molecule has 1 atom stereocenters. The predicted molar refractivity (Wildman–Crippen MR) is 72.0 cm³/mol. The van der Waals surface area contributed by atoms with Crippen LogP contribution in [0, 0.1) is 6.42 Å². The van der Waals surface area contributed by atoms with E-state index in [1.807, 2.05) is 0 Å². The summed E-state index contributed by atoms with van der Waals surface area (Å²) in [6.45, 7) is 2.28. The summed E-state index contributed by atoms with van der Waals surface area (Å²) in [6.07, 6.45) is 4.71. The molecule has 0 aromatic heterocycles. The molecule has 3 rings (SSSR count). The van der Waals surface area contributed by atoms with Gasteiger partial charge in [-0.2, -0.15) is 0 Å². The molecular formula is C17H17. The highest BCUT2D eigenvalue weighted by atomic mass is 14.4. The van der Waals surface area contributed by atoms with Crippen molar-refractivity contribution in [2.24, 2.45) is 0 Å². The summed E-state index contributed by atoms with van der Waals surface area (Å²) in [5, 5.41) is 0. The highest BCUT2D eigenvalue weighted by Crippen LogP contribution is 2.45. The fourth-order valence-electron chi connectivity index (χ4n) is 3.08. The highest BCUT2D eigenvalue weighted by Gasteiger charge is 2.38. The van der Waals surface area contributed by atoms with E-state index < -0.39 is 0 Å². The normalized spacial score (nSPS) is 22.4. The van der Waals surface area contributed by atoms with E-state index in [0.717, 1.165) is 12.8 Å². The smallest absolute Gasteiger partial charge is 0.0237 e. The Morgan fingerprint density at radius 2 is 1.65 bits per heavy atom. The van der Waals surface area contributed by atoms with Gasteiger partial charge in [0.15, 0.2) is 0 Å². The van der Waals surface area contributed by atoms with E-state index in [4.69, 9.17) is 0 Å². The molecule has 1 radical (unpaired) electrons. The highest BCUT2D eigenvalue weighted by molar-refractivity contribution is 5.51. The average molecular weight is 221 g/mol. The molecule has 0 bridgehead atoms. The van der Waals surface area contributed by atoms with Crippen molar-refractivity contribution < 1.29 is 0 Å². The van der Waals surface area contributed by atoms with Crippen LogP contribution in [0.2, 0.25) is 0 Å². The second-order valence-electron chi connectivity index (χ2n) is 4.76. The lowest BCUT2D eigenvalue weighted by Gasteiger charge is -2.29. The third-order valence-electron chi connectivity index (χ3n) is 4.02. The second-order valence-corrected chi connectivity index (χ2v) is 4.76. The number of benzene rings is 2. The zero-order valence-corrected chi connectivity index (χ0v) is 10.2. The fourth-order valence-corrected chi connectivity index (χ4v) is 3.08. The SMILES string of the molecule is CCC1(c2ccccc2)[CH]Cc2ccccc21. The van der Waals surface area contributed by atoms with E-state index in [2.05, 4.69) is 67.9 Å². The monoisotopic (exact) mass is 221 g/mol. The summed E-state index contributed by atoms with van der Waals surface area (Å²) < 4.78 is 0. The Bertz CT molecular complexity index is 513. The van der Waals surface area contributed by atoms with Crippen molar-refractivity contribution in [3.63, 3.8) is 0 Å². The standard InChI is InChI=1S/C17H17/c1-2-17(15-9-4-3-5-10-15)13-12-14-8-6-7-11-16(14)17/h3-11,13H,2,12H2,1H3. The lowest BCUT2D eigenvalue weighted by atomic mass is 9.73. The average Bonchev–Trinajstić information content (AvgIpc) is 2.80. The first kappa shape index (κ1) is 10.6. The van der Waals surface area contributed by atoms with E-state index in [1.165, 1.54) is 16.7 Å². The van der Waals surface area contributed by atoms with Crippen LogP contribution >= 0.6 is 0 Å². The maximum atomic E-state index is 2.48. The molecule has 1 aliphatic carbocycles. The van der Waals surface area contributed by atoms with Gasteiger partial charge in [0.2, 0.25) is 0 Å². The predicted octanol–water partition coefficient (Wildman–Crippen LogP) is 4.14. The Labute approximate surface area is 103 Å². The van der Waals surface area contributed by atoms with Crippen molar-refractivity contribution in [3.05, 3.63) is 77.7 Å². The number of fused-ring (bicyclic) bond motifs is 1. The Morgan fingerprint density at radius 3 is 2.41 bits per heavy atom. The van der Waals surface area contributed by atoms with Gasteiger partial charge in [-0.05, 0) is 36.0 Å². The molecule has 0 amide bonds. The second kappa shape index (κ2) is 4.03. The Balaban J connectivity index is 2.18. The Kier molecular flexibility index (Phi) is 2.51. The minimum absolute atomic E-state index is 0.137. The molecule has 0 saturated carbocycles. The summed E-state index contributed by atoms with van der Waals surface area (Å²) in [5.74, 6) is 0. The molecule has 17 heavy (non-hydrogen) atoms. The van der Waals surface area contributed by atoms with Gasteiger partial charge in [0.05, 0.1) is 0 Å². The molecule has 0 aliphatic heterocycles. The zero-order chi connectivity index (χ0) is 11.7. The molecule has 0 N–H and O–H groups in total. The maximum absolute atomic E-state index is 2.48. The number of hydrogen-bond donors (Lipinski definition) is 0. The van der Waals surface area contributed by atoms with Gasteiger partial charge < -0.3 is 0 Å². The van der Waals surface area contributed by atoms with Gasteiger partial charge in [-0.15, -0.1) is 0 Å². The molecule has 2 aromatic carbocycles. The molecular weight excluding hydrogens is 204 g/mol. The lowest BCUT2D eigenvalue weighted by molar-refractivity contribution is 0.590. The summed E-state index contributed by atoms with van der Waals surface area (Å²) >= 11 is 0. The molecule has 0 heteroatoms. The minimum Gasteiger partial charge on any atom is -0.0642 e. The minimum atomic E-state index is 0.137.